The van der Waals surface area contributed by atoms with Crippen LogP contribution >= 0.6 is 11.6 Å². The number of benzene rings is 1. The molecule has 2 heterocycles. The molecule has 1 N–H and O–H groups in total. The minimum Gasteiger partial charge on any atom is -0.310 e. The van der Waals surface area contributed by atoms with Crippen molar-refractivity contribution in [1.82, 2.24) is 4.98 Å². The Morgan fingerprint density at radius 2 is 2.08 bits per heavy atom. The zero-order chi connectivity index (χ0) is 17.3. The molecule has 8 heteroatoms. The third kappa shape index (κ3) is 3.35. The molecule has 1 aliphatic heterocycles. The van der Waals surface area contributed by atoms with Crippen molar-refractivity contribution in [2.45, 2.75) is 6.42 Å². The molecule has 1 atom stereocenters. The average Bonchev–Trinajstić information content (AvgIpc) is 2.91. The molecule has 24 heavy (non-hydrogen) atoms. The Bertz CT molecular complexity index is 798. The monoisotopic (exact) mass is 351 g/mol. The van der Waals surface area contributed by atoms with E-state index in [-0.39, 0.29) is 18.7 Å². The summed E-state index contributed by atoms with van der Waals surface area (Å²) in [6, 6.07) is 6.06. The Balaban J connectivity index is 1.72. The second kappa shape index (κ2) is 6.52. The number of anilines is 2. The van der Waals surface area contributed by atoms with Gasteiger partial charge < -0.3 is 10.2 Å². The number of halogens is 3. The Hall–Kier alpha value is -2.54. The van der Waals surface area contributed by atoms with Crippen LogP contribution in [0.1, 0.15) is 6.42 Å². The van der Waals surface area contributed by atoms with E-state index in [1.165, 1.54) is 18.3 Å². The van der Waals surface area contributed by atoms with Crippen LogP contribution in [0.3, 0.4) is 0 Å². The minimum absolute atomic E-state index is 0.0147. The van der Waals surface area contributed by atoms with Crippen LogP contribution in [0.15, 0.2) is 36.5 Å². The summed E-state index contributed by atoms with van der Waals surface area (Å²) in [4.78, 5) is 29.4. The minimum atomic E-state index is -0.844. The molecule has 2 amide bonds. The lowest BCUT2D eigenvalue weighted by atomic mass is 10.1. The summed E-state index contributed by atoms with van der Waals surface area (Å²) >= 11 is 5.72. The number of nitrogens with one attached hydrogen (secondary N) is 1. The highest BCUT2D eigenvalue weighted by molar-refractivity contribution is 6.30. The molecule has 0 aliphatic carbocycles. The molecular formula is C16H12ClF2N3O2. The first-order valence-electron chi connectivity index (χ1n) is 7.12. The maximum atomic E-state index is 13.8. The van der Waals surface area contributed by atoms with Gasteiger partial charge >= 0.3 is 0 Å². The van der Waals surface area contributed by atoms with Gasteiger partial charge in [0.1, 0.15) is 17.5 Å². The first kappa shape index (κ1) is 16.3. The van der Waals surface area contributed by atoms with Crippen molar-refractivity contribution >= 4 is 34.9 Å². The summed E-state index contributed by atoms with van der Waals surface area (Å²) in [6.45, 7) is 0.0147. The Labute approximate surface area is 141 Å². The lowest BCUT2D eigenvalue weighted by molar-refractivity contribution is -0.122. The van der Waals surface area contributed by atoms with Gasteiger partial charge in [0.2, 0.25) is 11.8 Å². The van der Waals surface area contributed by atoms with Gasteiger partial charge in [-0.1, -0.05) is 11.6 Å². The van der Waals surface area contributed by atoms with Gasteiger partial charge in [0.25, 0.3) is 0 Å². The highest BCUT2D eigenvalue weighted by atomic mass is 35.5. The zero-order valence-corrected chi connectivity index (χ0v) is 13.1. The van der Waals surface area contributed by atoms with Crippen LogP contribution in [0, 0.1) is 17.6 Å². The number of nitrogens with zero attached hydrogens (tertiary/aromatic N) is 2. The molecule has 0 bridgehead atoms. The fourth-order valence-electron chi connectivity index (χ4n) is 2.49. The Morgan fingerprint density at radius 1 is 1.29 bits per heavy atom. The first-order valence-corrected chi connectivity index (χ1v) is 7.49. The van der Waals surface area contributed by atoms with Gasteiger partial charge in [-0.05, 0) is 24.3 Å². The van der Waals surface area contributed by atoms with Gasteiger partial charge in [-0.3, -0.25) is 9.59 Å². The predicted octanol–water partition coefficient (Wildman–Crippen LogP) is 3.00. The van der Waals surface area contributed by atoms with Crippen LogP contribution in [0.5, 0.6) is 0 Å². The van der Waals surface area contributed by atoms with E-state index in [2.05, 4.69) is 10.3 Å². The molecule has 1 aromatic carbocycles. The lowest BCUT2D eigenvalue weighted by Gasteiger charge is -2.17. The number of rotatable bonds is 3. The van der Waals surface area contributed by atoms with Crippen LogP contribution in [-0.2, 0) is 9.59 Å². The van der Waals surface area contributed by atoms with E-state index in [9.17, 15) is 18.4 Å². The second-order valence-corrected chi connectivity index (χ2v) is 5.79. The first-order chi connectivity index (χ1) is 11.4. The molecular weight excluding hydrogens is 340 g/mol. The molecule has 1 aliphatic rings. The van der Waals surface area contributed by atoms with E-state index in [0.717, 1.165) is 11.0 Å². The summed E-state index contributed by atoms with van der Waals surface area (Å²) in [5, 5.41) is 3.02. The standard InChI is InChI=1S/C16H12ClF2N3O2/c17-10-1-4-14(20-7-10)21-16(24)9-5-15(23)22(8-9)13-3-2-11(18)6-12(13)19/h1-4,6-7,9H,5,8H2,(H,20,21,24). The van der Waals surface area contributed by atoms with Crippen LogP contribution in [0.25, 0.3) is 0 Å². The molecule has 3 rings (SSSR count). The van der Waals surface area contributed by atoms with Crippen molar-refractivity contribution in [3.8, 4) is 0 Å². The van der Waals surface area contributed by atoms with Gasteiger partial charge in [0.15, 0.2) is 0 Å². The summed E-state index contributed by atoms with van der Waals surface area (Å²) in [5.41, 5.74) is -0.0404. The Morgan fingerprint density at radius 3 is 2.75 bits per heavy atom. The lowest BCUT2D eigenvalue weighted by Crippen LogP contribution is -2.28. The van der Waals surface area contributed by atoms with Gasteiger partial charge in [-0.15, -0.1) is 0 Å². The smallest absolute Gasteiger partial charge is 0.230 e. The molecule has 5 nitrogen and oxygen atoms in total. The van der Waals surface area contributed by atoms with Crippen molar-refractivity contribution in [2.75, 3.05) is 16.8 Å². The molecule has 1 aromatic heterocycles. The van der Waals surface area contributed by atoms with Gasteiger partial charge in [-0.25, -0.2) is 13.8 Å². The highest BCUT2D eigenvalue weighted by Crippen LogP contribution is 2.28. The van der Waals surface area contributed by atoms with Gasteiger partial charge in [0.05, 0.1) is 16.6 Å². The predicted molar refractivity (Wildman–Crippen MR) is 84.7 cm³/mol. The van der Waals surface area contributed by atoms with Gasteiger partial charge in [-0.2, -0.15) is 0 Å². The number of hydrogen-bond donors (Lipinski definition) is 1. The normalized spacial score (nSPS) is 17.2. The maximum absolute atomic E-state index is 13.8. The second-order valence-electron chi connectivity index (χ2n) is 5.35. The van der Waals surface area contributed by atoms with Crippen molar-refractivity contribution in [1.29, 1.82) is 0 Å². The third-order valence-electron chi connectivity index (χ3n) is 3.68. The number of carbonyl (C=O) groups is 2. The summed E-state index contributed by atoms with van der Waals surface area (Å²) in [7, 11) is 0. The number of aromatic nitrogens is 1. The molecule has 124 valence electrons. The van der Waals surface area contributed by atoms with Gasteiger partial charge in [0, 0.05) is 25.2 Å². The van der Waals surface area contributed by atoms with Crippen LogP contribution < -0.4 is 10.2 Å². The molecule has 1 saturated heterocycles. The molecule has 2 aromatic rings. The topological polar surface area (TPSA) is 62.3 Å². The van der Waals surface area contributed by atoms with E-state index in [0.29, 0.717) is 16.9 Å². The SMILES string of the molecule is O=C(Nc1ccc(Cl)cn1)C1CC(=O)N(c2ccc(F)cc2F)C1. The summed E-state index contributed by atoms with van der Waals surface area (Å²) in [6.07, 6.45) is 1.33. The van der Waals surface area contributed by atoms with E-state index in [4.69, 9.17) is 11.6 Å². The number of carbonyl (C=O) groups excluding carboxylic acids is 2. The van der Waals surface area contributed by atoms with Crippen molar-refractivity contribution < 1.29 is 18.4 Å². The highest BCUT2D eigenvalue weighted by Gasteiger charge is 2.36. The number of amides is 2. The van der Waals surface area contributed by atoms with Crippen molar-refractivity contribution in [3.05, 3.63) is 53.2 Å². The fraction of sp³-hybridized carbons (Fsp3) is 0.188. The number of hydrogen-bond acceptors (Lipinski definition) is 3. The van der Waals surface area contributed by atoms with E-state index in [1.54, 1.807) is 6.07 Å². The molecule has 0 radical (unpaired) electrons. The average molecular weight is 352 g/mol. The number of pyridine rings is 1. The summed E-state index contributed by atoms with van der Waals surface area (Å²) in [5.74, 6) is -2.72. The van der Waals surface area contributed by atoms with Crippen LogP contribution in [0.2, 0.25) is 5.02 Å². The quantitative estimate of drug-likeness (QED) is 0.924. The van der Waals surface area contributed by atoms with Crippen LogP contribution in [-0.4, -0.2) is 23.3 Å². The van der Waals surface area contributed by atoms with E-state index < -0.39 is 29.4 Å². The molecule has 1 fully saturated rings. The zero-order valence-electron chi connectivity index (χ0n) is 12.3. The van der Waals surface area contributed by atoms with Crippen LogP contribution in [0.4, 0.5) is 20.3 Å². The van der Waals surface area contributed by atoms with Crippen molar-refractivity contribution in [3.63, 3.8) is 0 Å². The maximum Gasteiger partial charge on any atom is 0.230 e. The molecule has 0 saturated carbocycles. The van der Waals surface area contributed by atoms with E-state index in [1.807, 2.05) is 0 Å². The van der Waals surface area contributed by atoms with E-state index >= 15 is 0 Å². The Kier molecular flexibility index (Phi) is 4.44. The largest absolute Gasteiger partial charge is 0.310 e. The molecule has 1 unspecified atom stereocenters. The summed E-state index contributed by atoms with van der Waals surface area (Å²) < 4.78 is 26.8. The third-order valence-corrected chi connectivity index (χ3v) is 3.90. The van der Waals surface area contributed by atoms with Crippen molar-refractivity contribution in [2.24, 2.45) is 5.92 Å². The fourth-order valence-corrected chi connectivity index (χ4v) is 2.61. The molecule has 0 spiro atoms.